The Balaban J connectivity index is 1.92. The summed E-state index contributed by atoms with van der Waals surface area (Å²) in [5.74, 6) is 1.67. The van der Waals surface area contributed by atoms with E-state index < -0.39 is 0 Å². The first-order valence-corrected chi connectivity index (χ1v) is 7.96. The number of hydrogen-bond donors (Lipinski definition) is 1. The van der Waals surface area contributed by atoms with Gasteiger partial charge < -0.3 is 5.32 Å². The van der Waals surface area contributed by atoms with Crippen LogP contribution in [0.15, 0.2) is 22.7 Å². The van der Waals surface area contributed by atoms with Gasteiger partial charge in [-0.3, -0.25) is 0 Å². The zero-order valence-corrected chi connectivity index (χ0v) is 13.4. The zero-order chi connectivity index (χ0) is 13.1. The number of halogens is 2. The smallest absolute Gasteiger partial charge is 0.0462 e. The van der Waals surface area contributed by atoms with Crippen LogP contribution < -0.4 is 5.32 Å². The van der Waals surface area contributed by atoms with Crippen LogP contribution in [0.4, 0.5) is 0 Å². The summed E-state index contributed by atoms with van der Waals surface area (Å²) in [7, 11) is 0. The fourth-order valence-corrected chi connectivity index (χ4v) is 3.76. The van der Waals surface area contributed by atoms with Crippen LogP contribution in [0.5, 0.6) is 0 Å². The Bertz CT molecular complexity index is 407. The molecule has 0 saturated heterocycles. The van der Waals surface area contributed by atoms with Gasteiger partial charge in [-0.15, -0.1) is 0 Å². The summed E-state index contributed by atoms with van der Waals surface area (Å²) >= 11 is 9.67. The summed E-state index contributed by atoms with van der Waals surface area (Å²) in [4.78, 5) is 0. The van der Waals surface area contributed by atoms with Gasteiger partial charge in [0.15, 0.2) is 0 Å². The summed E-state index contributed by atoms with van der Waals surface area (Å²) in [5.41, 5.74) is 1.19. The first kappa shape index (κ1) is 14.4. The number of rotatable bonds is 4. The van der Waals surface area contributed by atoms with E-state index in [9.17, 15) is 0 Å². The Morgan fingerprint density at radius 3 is 2.78 bits per heavy atom. The predicted octanol–water partition coefficient (Wildman–Crippen LogP) is 5.02. The van der Waals surface area contributed by atoms with Gasteiger partial charge in [0.25, 0.3) is 0 Å². The molecule has 3 unspecified atom stereocenters. The molecular formula is C15H21BrClN. The van der Waals surface area contributed by atoms with E-state index in [4.69, 9.17) is 11.6 Å². The maximum absolute atomic E-state index is 6.24. The van der Waals surface area contributed by atoms with Crippen molar-refractivity contribution in [3.8, 4) is 0 Å². The molecule has 1 aliphatic rings. The van der Waals surface area contributed by atoms with Gasteiger partial charge in [-0.05, 0) is 42.4 Å². The second-order valence-corrected chi connectivity index (χ2v) is 6.65. The van der Waals surface area contributed by atoms with Crippen LogP contribution in [0, 0.1) is 11.8 Å². The maximum Gasteiger partial charge on any atom is 0.0462 e. The van der Waals surface area contributed by atoms with E-state index in [1.807, 2.05) is 6.07 Å². The molecule has 1 N–H and O–H groups in total. The molecule has 18 heavy (non-hydrogen) atoms. The minimum absolute atomic E-state index is 0.648. The van der Waals surface area contributed by atoms with Crippen LogP contribution in [0.3, 0.4) is 0 Å². The fourth-order valence-electron chi connectivity index (χ4n) is 3.02. The van der Waals surface area contributed by atoms with Crippen molar-refractivity contribution in [2.24, 2.45) is 11.8 Å². The molecule has 0 bridgehead atoms. The molecule has 0 heterocycles. The standard InChI is InChI=1S/C15H21BrClN/c1-3-11-5-7-15(10(11)2)18-9-12-4-6-13(16)8-14(12)17/h4,6,8,10-11,15,18H,3,5,7,9H2,1-2H3. The number of hydrogen-bond acceptors (Lipinski definition) is 1. The van der Waals surface area contributed by atoms with Gasteiger partial charge in [0.1, 0.15) is 0 Å². The van der Waals surface area contributed by atoms with E-state index in [0.717, 1.165) is 27.9 Å². The average Bonchev–Trinajstić information content (AvgIpc) is 2.69. The van der Waals surface area contributed by atoms with Gasteiger partial charge >= 0.3 is 0 Å². The molecule has 0 radical (unpaired) electrons. The lowest BCUT2D eigenvalue weighted by atomic mass is 9.93. The van der Waals surface area contributed by atoms with Crippen molar-refractivity contribution in [3.63, 3.8) is 0 Å². The maximum atomic E-state index is 6.24. The van der Waals surface area contributed by atoms with Crippen LogP contribution in [-0.2, 0) is 6.54 Å². The summed E-state index contributed by atoms with van der Waals surface area (Å²) in [5, 5.41) is 4.51. The van der Waals surface area contributed by atoms with Gasteiger partial charge in [-0.25, -0.2) is 0 Å². The van der Waals surface area contributed by atoms with Gasteiger partial charge in [-0.2, -0.15) is 0 Å². The van der Waals surface area contributed by atoms with Crippen molar-refractivity contribution in [3.05, 3.63) is 33.3 Å². The first-order chi connectivity index (χ1) is 8.61. The molecule has 0 amide bonds. The Labute approximate surface area is 123 Å². The third-order valence-corrected chi connectivity index (χ3v) is 5.17. The molecule has 0 aliphatic heterocycles. The highest BCUT2D eigenvalue weighted by Crippen LogP contribution is 2.34. The van der Waals surface area contributed by atoms with Crippen molar-refractivity contribution < 1.29 is 0 Å². The molecule has 1 aromatic carbocycles. The van der Waals surface area contributed by atoms with Crippen molar-refractivity contribution in [2.75, 3.05) is 0 Å². The van der Waals surface area contributed by atoms with E-state index in [2.05, 4.69) is 47.2 Å². The summed E-state index contributed by atoms with van der Waals surface area (Å²) in [6, 6.07) is 6.76. The van der Waals surface area contributed by atoms with E-state index in [1.54, 1.807) is 0 Å². The minimum Gasteiger partial charge on any atom is -0.310 e. The van der Waals surface area contributed by atoms with Crippen molar-refractivity contribution in [1.82, 2.24) is 5.32 Å². The Kier molecular flexibility index (Phi) is 5.11. The normalized spacial score (nSPS) is 27.7. The van der Waals surface area contributed by atoms with Crippen LogP contribution in [0.1, 0.15) is 38.7 Å². The molecule has 1 fully saturated rings. The summed E-state index contributed by atoms with van der Waals surface area (Å²) < 4.78 is 1.04. The minimum atomic E-state index is 0.648. The van der Waals surface area contributed by atoms with Crippen molar-refractivity contribution in [2.45, 2.75) is 45.7 Å². The molecule has 1 saturated carbocycles. The summed E-state index contributed by atoms with van der Waals surface area (Å²) in [6.07, 6.45) is 3.97. The second-order valence-electron chi connectivity index (χ2n) is 5.33. The molecule has 2 rings (SSSR count). The van der Waals surface area contributed by atoms with Gasteiger partial charge in [0.05, 0.1) is 0 Å². The number of nitrogens with one attached hydrogen (secondary N) is 1. The monoisotopic (exact) mass is 329 g/mol. The highest BCUT2D eigenvalue weighted by atomic mass is 79.9. The Morgan fingerprint density at radius 1 is 1.39 bits per heavy atom. The molecule has 1 aromatic rings. The zero-order valence-electron chi connectivity index (χ0n) is 11.0. The predicted molar refractivity (Wildman–Crippen MR) is 82.0 cm³/mol. The van der Waals surface area contributed by atoms with Gasteiger partial charge in [0, 0.05) is 22.1 Å². The molecule has 0 aromatic heterocycles. The SMILES string of the molecule is CCC1CCC(NCc2ccc(Br)cc2Cl)C1C. The van der Waals surface area contributed by atoms with E-state index >= 15 is 0 Å². The Hall–Kier alpha value is -0.0500. The third-order valence-electron chi connectivity index (χ3n) is 4.32. The van der Waals surface area contributed by atoms with Gasteiger partial charge in [-0.1, -0.05) is 53.9 Å². The lowest BCUT2D eigenvalue weighted by Crippen LogP contribution is -2.32. The van der Waals surface area contributed by atoms with Gasteiger partial charge in [0.2, 0.25) is 0 Å². The quantitative estimate of drug-likeness (QED) is 0.817. The molecule has 100 valence electrons. The molecular weight excluding hydrogens is 310 g/mol. The number of benzene rings is 1. The topological polar surface area (TPSA) is 12.0 Å². The van der Waals surface area contributed by atoms with E-state index in [1.165, 1.54) is 24.8 Å². The lowest BCUT2D eigenvalue weighted by molar-refractivity contribution is 0.344. The average molecular weight is 331 g/mol. The van der Waals surface area contributed by atoms with E-state index in [0.29, 0.717) is 6.04 Å². The largest absolute Gasteiger partial charge is 0.310 e. The van der Waals surface area contributed by atoms with Crippen molar-refractivity contribution >= 4 is 27.5 Å². The first-order valence-electron chi connectivity index (χ1n) is 6.79. The van der Waals surface area contributed by atoms with Crippen LogP contribution in [0.2, 0.25) is 5.02 Å². The van der Waals surface area contributed by atoms with E-state index in [-0.39, 0.29) is 0 Å². The molecule has 1 aliphatic carbocycles. The highest BCUT2D eigenvalue weighted by molar-refractivity contribution is 9.10. The molecule has 1 nitrogen and oxygen atoms in total. The van der Waals surface area contributed by atoms with Crippen LogP contribution in [0.25, 0.3) is 0 Å². The molecule has 3 atom stereocenters. The summed E-state index contributed by atoms with van der Waals surface area (Å²) in [6.45, 7) is 5.55. The van der Waals surface area contributed by atoms with Crippen LogP contribution in [-0.4, -0.2) is 6.04 Å². The highest BCUT2D eigenvalue weighted by Gasteiger charge is 2.30. The Morgan fingerprint density at radius 2 is 2.17 bits per heavy atom. The van der Waals surface area contributed by atoms with Crippen molar-refractivity contribution in [1.29, 1.82) is 0 Å². The third kappa shape index (κ3) is 3.28. The second kappa shape index (κ2) is 6.40. The molecule has 0 spiro atoms. The lowest BCUT2D eigenvalue weighted by Gasteiger charge is -2.21. The van der Waals surface area contributed by atoms with Crippen LogP contribution >= 0.6 is 27.5 Å². The molecule has 3 heteroatoms. The fraction of sp³-hybridized carbons (Fsp3) is 0.600.